The lowest BCUT2D eigenvalue weighted by molar-refractivity contribution is -0.134. The van der Waals surface area contributed by atoms with E-state index in [0.29, 0.717) is 17.0 Å². The van der Waals surface area contributed by atoms with Crippen molar-refractivity contribution in [2.45, 2.75) is 6.54 Å². The minimum atomic E-state index is -0.932. The van der Waals surface area contributed by atoms with Crippen molar-refractivity contribution in [2.24, 2.45) is 4.99 Å². The Hall–Kier alpha value is -3.62. The van der Waals surface area contributed by atoms with Crippen molar-refractivity contribution in [1.29, 1.82) is 0 Å². The highest BCUT2D eigenvalue weighted by Gasteiger charge is 2.19. The van der Waals surface area contributed by atoms with Gasteiger partial charge >= 0.3 is 5.97 Å². The maximum absolute atomic E-state index is 10.9. The van der Waals surface area contributed by atoms with E-state index >= 15 is 0 Å². The summed E-state index contributed by atoms with van der Waals surface area (Å²) in [6.45, 7) is 0.664. The van der Waals surface area contributed by atoms with Crippen LogP contribution in [0.1, 0.15) is 16.7 Å². The van der Waals surface area contributed by atoms with Gasteiger partial charge in [-0.1, -0.05) is 46.3 Å². The fourth-order valence-corrected chi connectivity index (χ4v) is 4.11. The first-order chi connectivity index (χ1) is 16.3. The maximum Gasteiger partial charge on any atom is 0.322 e. The number of aromatic nitrogens is 1. The molecular weight excluding hydrogens is 496 g/mol. The van der Waals surface area contributed by atoms with E-state index in [0.717, 1.165) is 33.2 Å². The number of aromatic hydroxyl groups is 1. The van der Waals surface area contributed by atoms with Crippen LogP contribution in [-0.2, 0) is 11.3 Å². The SMILES string of the molecule is CN(C)Cc1ccc(N=C(c2ccc(NCC(=O)O)cc2)c2c(O)[nH]c3cc(Br)ccc23)cc1. The summed E-state index contributed by atoms with van der Waals surface area (Å²) in [7, 11) is 4.05. The van der Waals surface area contributed by atoms with Gasteiger partial charge in [-0.05, 0) is 56.1 Å². The van der Waals surface area contributed by atoms with Crippen molar-refractivity contribution in [3.8, 4) is 5.88 Å². The van der Waals surface area contributed by atoms with Crippen molar-refractivity contribution in [3.63, 3.8) is 0 Å². The van der Waals surface area contributed by atoms with Gasteiger partial charge in [0.15, 0.2) is 5.88 Å². The Bertz CT molecular complexity index is 1340. The molecule has 4 N–H and O–H groups in total. The molecule has 0 fully saturated rings. The minimum absolute atomic E-state index is 0.0316. The van der Waals surface area contributed by atoms with Crippen LogP contribution in [0.2, 0.25) is 0 Å². The number of hydrogen-bond donors (Lipinski definition) is 4. The number of fused-ring (bicyclic) bond motifs is 1. The number of aliphatic imine (C=N–C) groups is 1. The molecular formula is C26H25BrN4O3. The predicted molar refractivity (Wildman–Crippen MR) is 139 cm³/mol. The molecule has 1 aromatic heterocycles. The Morgan fingerprint density at radius 2 is 1.76 bits per heavy atom. The second kappa shape index (κ2) is 10.1. The second-order valence-electron chi connectivity index (χ2n) is 8.23. The molecule has 174 valence electrons. The van der Waals surface area contributed by atoms with Gasteiger partial charge in [0.05, 0.1) is 22.5 Å². The first kappa shape index (κ1) is 23.5. The Labute approximate surface area is 205 Å². The van der Waals surface area contributed by atoms with Gasteiger partial charge < -0.3 is 25.4 Å². The number of anilines is 1. The van der Waals surface area contributed by atoms with Crippen LogP contribution in [0.15, 0.2) is 76.2 Å². The summed E-state index contributed by atoms with van der Waals surface area (Å²) in [5.74, 6) is -0.900. The van der Waals surface area contributed by atoms with Crippen LogP contribution >= 0.6 is 15.9 Å². The summed E-state index contributed by atoms with van der Waals surface area (Å²) in [4.78, 5) is 20.9. The van der Waals surface area contributed by atoms with Crippen LogP contribution in [0.4, 0.5) is 11.4 Å². The average molecular weight is 521 g/mol. The topological polar surface area (TPSA) is 101 Å². The van der Waals surface area contributed by atoms with Gasteiger partial charge in [-0.25, -0.2) is 4.99 Å². The number of H-pyrrole nitrogens is 1. The molecule has 0 unspecified atom stereocenters. The normalized spacial score (nSPS) is 11.8. The fourth-order valence-electron chi connectivity index (χ4n) is 3.75. The molecule has 0 saturated heterocycles. The molecule has 0 spiro atoms. The van der Waals surface area contributed by atoms with Gasteiger partial charge in [0.25, 0.3) is 0 Å². The molecule has 34 heavy (non-hydrogen) atoms. The van der Waals surface area contributed by atoms with Crippen LogP contribution < -0.4 is 5.32 Å². The number of rotatable bonds is 8. The zero-order valence-corrected chi connectivity index (χ0v) is 20.4. The number of aromatic amines is 1. The van der Waals surface area contributed by atoms with Crippen molar-refractivity contribution < 1.29 is 15.0 Å². The first-order valence-corrected chi connectivity index (χ1v) is 11.5. The Morgan fingerprint density at radius 1 is 1.06 bits per heavy atom. The standard InChI is InChI=1S/C26H25BrN4O3/c1-31(2)15-16-3-8-20(9-4-16)29-25(17-5-10-19(11-6-17)28-14-23(32)33)24-21-12-7-18(27)13-22(21)30-26(24)34/h3-13,28,30,34H,14-15H2,1-2H3,(H,32,33). The molecule has 0 aliphatic heterocycles. The lowest BCUT2D eigenvalue weighted by atomic mass is 10.0. The van der Waals surface area contributed by atoms with Crippen molar-refractivity contribution in [2.75, 3.05) is 26.0 Å². The maximum atomic E-state index is 10.9. The zero-order valence-electron chi connectivity index (χ0n) is 18.8. The molecule has 0 bridgehead atoms. The van der Waals surface area contributed by atoms with Gasteiger partial charge in [0, 0.05) is 27.7 Å². The second-order valence-corrected chi connectivity index (χ2v) is 9.14. The monoisotopic (exact) mass is 520 g/mol. The first-order valence-electron chi connectivity index (χ1n) is 10.7. The number of hydrogen-bond acceptors (Lipinski definition) is 5. The molecule has 4 aromatic rings. The van der Waals surface area contributed by atoms with Crippen molar-refractivity contribution >= 4 is 49.9 Å². The van der Waals surface area contributed by atoms with E-state index in [1.54, 1.807) is 12.1 Å². The summed E-state index contributed by atoms with van der Waals surface area (Å²) in [5.41, 5.74) is 5.41. The number of carboxylic acids is 1. The smallest absolute Gasteiger partial charge is 0.322 e. The minimum Gasteiger partial charge on any atom is -0.494 e. The van der Waals surface area contributed by atoms with Gasteiger partial charge in [-0.15, -0.1) is 0 Å². The average Bonchev–Trinajstić information content (AvgIpc) is 3.11. The quantitative estimate of drug-likeness (QED) is 0.234. The van der Waals surface area contributed by atoms with E-state index in [1.807, 2.05) is 68.7 Å². The molecule has 1 heterocycles. The van der Waals surface area contributed by atoms with Crippen LogP contribution in [0, 0.1) is 0 Å². The van der Waals surface area contributed by atoms with Crippen LogP contribution in [0.3, 0.4) is 0 Å². The molecule has 8 heteroatoms. The lowest BCUT2D eigenvalue weighted by Gasteiger charge is -2.11. The van der Waals surface area contributed by atoms with E-state index in [1.165, 1.54) is 5.56 Å². The number of halogens is 1. The number of nitrogens with one attached hydrogen (secondary N) is 2. The number of carbonyl (C=O) groups is 1. The number of nitrogens with zero attached hydrogens (tertiary/aromatic N) is 2. The fraction of sp³-hybridized carbons (Fsp3) is 0.154. The number of carboxylic acid groups (broad SMARTS) is 1. The third-order valence-electron chi connectivity index (χ3n) is 5.26. The van der Waals surface area contributed by atoms with E-state index in [9.17, 15) is 9.90 Å². The molecule has 0 aliphatic carbocycles. The largest absolute Gasteiger partial charge is 0.494 e. The van der Waals surface area contributed by atoms with E-state index < -0.39 is 5.97 Å². The Kier molecular flexibility index (Phi) is 7.00. The molecule has 0 saturated carbocycles. The van der Waals surface area contributed by atoms with E-state index in [2.05, 4.69) is 31.1 Å². The molecule has 7 nitrogen and oxygen atoms in total. The van der Waals surface area contributed by atoms with E-state index in [4.69, 9.17) is 10.1 Å². The van der Waals surface area contributed by atoms with Crippen LogP contribution in [-0.4, -0.2) is 52.4 Å². The summed E-state index contributed by atoms with van der Waals surface area (Å²) in [6, 6.07) is 21.1. The molecule has 0 radical (unpaired) electrons. The van der Waals surface area contributed by atoms with Gasteiger partial charge in [-0.2, -0.15) is 0 Å². The van der Waals surface area contributed by atoms with Gasteiger partial charge in [-0.3, -0.25) is 4.79 Å². The van der Waals surface area contributed by atoms with Gasteiger partial charge in [0.1, 0.15) is 6.54 Å². The Morgan fingerprint density at radius 3 is 2.41 bits per heavy atom. The van der Waals surface area contributed by atoms with Crippen LogP contribution in [0.5, 0.6) is 5.88 Å². The van der Waals surface area contributed by atoms with Crippen LogP contribution in [0.25, 0.3) is 10.9 Å². The van der Waals surface area contributed by atoms with Crippen molar-refractivity contribution in [1.82, 2.24) is 9.88 Å². The Balaban J connectivity index is 1.80. The predicted octanol–water partition coefficient (Wildman–Crippen LogP) is 5.36. The van der Waals surface area contributed by atoms with Gasteiger partial charge in [0.2, 0.25) is 0 Å². The molecule has 0 amide bonds. The highest BCUT2D eigenvalue weighted by molar-refractivity contribution is 9.10. The zero-order chi connectivity index (χ0) is 24.2. The summed E-state index contributed by atoms with van der Waals surface area (Å²) in [5, 5.41) is 23.5. The third-order valence-corrected chi connectivity index (χ3v) is 5.75. The van der Waals surface area contributed by atoms with E-state index in [-0.39, 0.29) is 12.4 Å². The highest BCUT2D eigenvalue weighted by Crippen LogP contribution is 2.33. The highest BCUT2D eigenvalue weighted by atomic mass is 79.9. The molecule has 0 atom stereocenters. The molecule has 3 aromatic carbocycles. The summed E-state index contributed by atoms with van der Waals surface area (Å²) in [6.07, 6.45) is 0. The number of aliphatic carboxylic acids is 1. The summed E-state index contributed by atoms with van der Waals surface area (Å²) >= 11 is 3.47. The third kappa shape index (κ3) is 5.47. The molecule has 4 rings (SSSR count). The van der Waals surface area contributed by atoms with Crippen molar-refractivity contribution in [3.05, 3.63) is 87.9 Å². The lowest BCUT2D eigenvalue weighted by Crippen LogP contribution is -2.12. The summed E-state index contributed by atoms with van der Waals surface area (Å²) < 4.78 is 0.900. The molecule has 0 aliphatic rings. The number of benzene rings is 3.